The summed E-state index contributed by atoms with van der Waals surface area (Å²) in [4.78, 5) is 4.86. The number of anilines is 1. The fourth-order valence-electron chi connectivity index (χ4n) is 2.66. The quantitative estimate of drug-likeness (QED) is 0.567. The van der Waals surface area contributed by atoms with Gasteiger partial charge in [0.2, 0.25) is 0 Å². The minimum Gasteiger partial charge on any atom is -0.378 e. The Morgan fingerprint density at radius 2 is 1.83 bits per heavy atom. The summed E-state index contributed by atoms with van der Waals surface area (Å²) in [6.07, 6.45) is 5.09. The number of halogens is 2. The molecule has 0 spiro atoms. The molecule has 3 rings (SSSR count). The summed E-state index contributed by atoms with van der Waals surface area (Å²) in [7, 11) is 0. The largest absolute Gasteiger partial charge is 0.378 e. The number of allylic oxidation sites excluding steroid dienone is 1. The van der Waals surface area contributed by atoms with Gasteiger partial charge in [-0.1, -0.05) is 50.1 Å². The minimum atomic E-state index is -0.0421. The number of nitrogens with zero attached hydrogens (tertiary/aromatic N) is 1. The van der Waals surface area contributed by atoms with E-state index < -0.39 is 0 Å². The normalized spacial score (nSPS) is 16.4. The van der Waals surface area contributed by atoms with Crippen LogP contribution in [0.5, 0.6) is 0 Å². The molecule has 0 unspecified atom stereocenters. The molecule has 1 heterocycles. The van der Waals surface area contributed by atoms with E-state index >= 15 is 0 Å². The molecule has 118 valence electrons. The van der Waals surface area contributed by atoms with Gasteiger partial charge in [0, 0.05) is 26.6 Å². The molecule has 0 saturated carbocycles. The van der Waals surface area contributed by atoms with Crippen molar-refractivity contribution in [1.29, 1.82) is 0 Å². The molecule has 23 heavy (non-hydrogen) atoms. The molecule has 1 N–H and O–H groups in total. The third kappa shape index (κ3) is 4.33. The Labute approximate surface area is 154 Å². The smallest absolute Gasteiger partial charge is 0.0875 e. The first kappa shape index (κ1) is 16.5. The zero-order valence-electron chi connectivity index (χ0n) is 13.1. The molecule has 0 bridgehead atoms. The lowest BCUT2D eigenvalue weighted by atomic mass is 9.96. The van der Waals surface area contributed by atoms with Crippen LogP contribution in [0.15, 0.2) is 62.5 Å². The Kier molecular flexibility index (Phi) is 4.74. The number of hydrogen-bond donors (Lipinski definition) is 1. The topological polar surface area (TPSA) is 24.4 Å². The molecule has 2 aromatic carbocycles. The lowest BCUT2D eigenvalue weighted by Gasteiger charge is -2.25. The highest BCUT2D eigenvalue weighted by molar-refractivity contribution is 9.10. The molecule has 1 aliphatic rings. The molecule has 4 heteroatoms. The van der Waals surface area contributed by atoms with Gasteiger partial charge in [0.1, 0.15) is 0 Å². The van der Waals surface area contributed by atoms with Crippen LogP contribution in [0, 0.1) is 0 Å². The predicted octanol–water partition coefficient (Wildman–Crippen LogP) is 6.59. The van der Waals surface area contributed by atoms with E-state index in [9.17, 15) is 0 Å². The molecule has 0 aliphatic carbocycles. The van der Waals surface area contributed by atoms with Gasteiger partial charge in [-0.2, -0.15) is 0 Å². The minimum absolute atomic E-state index is 0.0421. The summed E-state index contributed by atoms with van der Waals surface area (Å²) in [5.74, 6) is 0. The highest BCUT2D eigenvalue weighted by atomic mass is 79.9. The zero-order chi connectivity index (χ0) is 16.4. The molecule has 0 saturated heterocycles. The van der Waals surface area contributed by atoms with E-state index in [1.165, 1.54) is 0 Å². The SMILES string of the molecule is CC1(C)CC(C=Cc2cccc(Br)c2)=Nc2cc(Br)ccc2N1. The van der Waals surface area contributed by atoms with Crippen LogP contribution in [0.4, 0.5) is 11.4 Å². The Hall–Kier alpha value is -1.39. The molecule has 0 amide bonds. The summed E-state index contributed by atoms with van der Waals surface area (Å²) in [5.41, 5.74) is 4.23. The summed E-state index contributed by atoms with van der Waals surface area (Å²) >= 11 is 7.04. The monoisotopic (exact) mass is 432 g/mol. The summed E-state index contributed by atoms with van der Waals surface area (Å²) in [6.45, 7) is 4.40. The Balaban J connectivity index is 1.96. The zero-order valence-corrected chi connectivity index (χ0v) is 16.3. The van der Waals surface area contributed by atoms with Crippen molar-refractivity contribution in [2.75, 3.05) is 5.32 Å². The molecule has 2 nitrogen and oxygen atoms in total. The van der Waals surface area contributed by atoms with Crippen LogP contribution < -0.4 is 5.32 Å². The Morgan fingerprint density at radius 1 is 1.04 bits per heavy atom. The molecule has 2 aromatic rings. The van der Waals surface area contributed by atoms with Crippen LogP contribution in [-0.4, -0.2) is 11.3 Å². The molecule has 0 fully saturated rings. The van der Waals surface area contributed by atoms with Crippen LogP contribution >= 0.6 is 31.9 Å². The number of nitrogens with one attached hydrogen (secondary N) is 1. The average Bonchev–Trinajstić information content (AvgIpc) is 2.59. The second kappa shape index (κ2) is 6.62. The third-order valence-corrected chi connectivity index (χ3v) is 4.62. The van der Waals surface area contributed by atoms with Gasteiger partial charge in [0.15, 0.2) is 0 Å². The first-order valence-corrected chi connectivity index (χ1v) is 9.09. The highest BCUT2D eigenvalue weighted by Gasteiger charge is 2.23. The average molecular weight is 434 g/mol. The van der Waals surface area contributed by atoms with Crippen LogP contribution in [0.25, 0.3) is 6.08 Å². The number of hydrogen-bond acceptors (Lipinski definition) is 2. The van der Waals surface area contributed by atoms with Crippen LogP contribution in [0.1, 0.15) is 25.8 Å². The van der Waals surface area contributed by atoms with Crippen molar-refractivity contribution >= 4 is 55.0 Å². The van der Waals surface area contributed by atoms with Crippen LogP contribution in [-0.2, 0) is 0 Å². The first-order valence-electron chi connectivity index (χ1n) is 7.50. The van der Waals surface area contributed by atoms with Crippen molar-refractivity contribution in [1.82, 2.24) is 0 Å². The second-order valence-electron chi connectivity index (χ2n) is 6.34. The lowest BCUT2D eigenvalue weighted by molar-refractivity contribution is 0.596. The van der Waals surface area contributed by atoms with Gasteiger partial charge < -0.3 is 5.32 Å². The van der Waals surface area contributed by atoms with Crippen molar-refractivity contribution in [2.24, 2.45) is 4.99 Å². The number of fused-ring (bicyclic) bond motifs is 1. The van der Waals surface area contributed by atoms with E-state index in [-0.39, 0.29) is 5.54 Å². The summed E-state index contributed by atoms with van der Waals surface area (Å²) in [6, 6.07) is 14.4. The molecule has 1 aliphatic heterocycles. The molecular weight excluding hydrogens is 416 g/mol. The number of rotatable bonds is 2. The van der Waals surface area contributed by atoms with Crippen molar-refractivity contribution in [3.63, 3.8) is 0 Å². The molecule has 0 radical (unpaired) electrons. The maximum absolute atomic E-state index is 4.86. The van der Waals surface area contributed by atoms with Gasteiger partial charge in [-0.15, -0.1) is 0 Å². The van der Waals surface area contributed by atoms with E-state index in [1.54, 1.807) is 0 Å². The molecule has 0 aromatic heterocycles. The van der Waals surface area contributed by atoms with E-state index in [2.05, 4.69) is 87.4 Å². The van der Waals surface area contributed by atoms with Gasteiger partial charge in [0.25, 0.3) is 0 Å². The highest BCUT2D eigenvalue weighted by Crippen LogP contribution is 2.35. The van der Waals surface area contributed by atoms with Gasteiger partial charge in [0.05, 0.1) is 11.4 Å². The van der Waals surface area contributed by atoms with Gasteiger partial charge in [-0.25, -0.2) is 0 Å². The van der Waals surface area contributed by atoms with E-state index in [1.807, 2.05) is 18.2 Å². The maximum atomic E-state index is 4.86. The summed E-state index contributed by atoms with van der Waals surface area (Å²) in [5, 5.41) is 3.59. The van der Waals surface area contributed by atoms with E-state index in [0.29, 0.717) is 0 Å². The van der Waals surface area contributed by atoms with Gasteiger partial charge >= 0.3 is 0 Å². The Bertz CT molecular complexity index is 792. The fraction of sp³-hybridized carbons (Fsp3) is 0.211. The lowest BCUT2D eigenvalue weighted by Crippen LogP contribution is -2.32. The molecular formula is C19H18Br2N2. The number of aliphatic imine (C=N–C) groups is 1. The van der Waals surface area contributed by atoms with Crippen LogP contribution in [0.3, 0.4) is 0 Å². The van der Waals surface area contributed by atoms with Crippen LogP contribution in [0.2, 0.25) is 0 Å². The maximum Gasteiger partial charge on any atom is 0.0875 e. The third-order valence-electron chi connectivity index (χ3n) is 3.64. The number of benzene rings is 2. The first-order chi connectivity index (χ1) is 10.9. The summed E-state index contributed by atoms with van der Waals surface area (Å²) < 4.78 is 2.12. The standard InChI is InChI=1S/C19H18Br2N2/c1-19(2)12-16(8-6-13-4-3-5-14(20)10-13)22-18-11-15(21)7-9-17(18)23-19/h3-11,23H,12H2,1-2H3. The second-order valence-corrected chi connectivity index (χ2v) is 8.17. The predicted molar refractivity (Wildman–Crippen MR) is 107 cm³/mol. The van der Waals surface area contributed by atoms with E-state index in [0.717, 1.165) is 38.0 Å². The Morgan fingerprint density at radius 3 is 2.61 bits per heavy atom. The fourth-order valence-corrected chi connectivity index (χ4v) is 3.42. The van der Waals surface area contributed by atoms with Gasteiger partial charge in [-0.05, 0) is 55.8 Å². The molecule has 0 atom stereocenters. The van der Waals surface area contributed by atoms with E-state index in [4.69, 9.17) is 4.99 Å². The van der Waals surface area contributed by atoms with Crippen molar-refractivity contribution in [2.45, 2.75) is 25.8 Å². The van der Waals surface area contributed by atoms with Crippen molar-refractivity contribution < 1.29 is 0 Å². The van der Waals surface area contributed by atoms with Gasteiger partial charge in [-0.3, -0.25) is 4.99 Å². The van der Waals surface area contributed by atoms with Crippen molar-refractivity contribution in [3.8, 4) is 0 Å². The van der Waals surface area contributed by atoms with Crippen molar-refractivity contribution in [3.05, 3.63) is 63.0 Å².